The Morgan fingerprint density at radius 3 is 2.68 bits per heavy atom. The quantitative estimate of drug-likeness (QED) is 0.513. The van der Waals surface area contributed by atoms with Gasteiger partial charge in [-0.15, -0.1) is 0 Å². The van der Waals surface area contributed by atoms with Gasteiger partial charge in [0.2, 0.25) is 0 Å². The fourth-order valence-corrected chi connectivity index (χ4v) is 4.58. The van der Waals surface area contributed by atoms with Crippen molar-refractivity contribution in [2.45, 2.75) is 18.9 Å². The fourth-order valence-electron chi connectivity index (χ4n) is 4.00. The first-order valence-corrected chi connectivity index (χ1v) is 10.5. The highest BCUT2D eigenvalue weighted by molar-refractivity contribution is 6.67. The van der Waals surface area contributed by atoms with E-state index in [1.165, 1.54) is 12.1 Å². The van der Waals surface area contributed by atoms with Crippen LogP contribution in [0.5, 0.6) is 0 Å². The number of nitriles is 1. The lowest BCUT2D eigenvalue weighted by molar-refractivity contribution is 0.0870. The number of carbonyl (C=O) groups is 2. The van der Waals surface area contributed by atoms with E-state index in [1.54, 1.807) is 25.1 Å². The lowest BCUT2D eigenvalue weighted by Gasteiger charge is -2.30. The van der Waals surface area contributed by atoms with Crippen LogP contribution in [0.1, 0.15) is 44.0 Å². The molecule has 3 aromatic rings. The van der Waals surface area contributed by atoms with Crippen molar-refractivity contribution in [2.75, 3.05) is 13.2 Å². The summed E-state index contributed by atoms with van der Waals surface area (Å²) in [5, 5.41) is 13.5. The zero-order chi connectivity index (χ0) is 22.3. The molecule has 31 heavy (non-hydrogen) atoms. The van der Waals surface area contributed by atoms with Crippen molar-refractivity contribution in [2.24, 2.45) is 0 Å². The van der Waals surface area contributed by atoms with Crippen LogP contribution < -0.4 is 5.32 Å². The molecule has 1 aliphatic rings. The molecule has 1 atom stereocenters. The molecule has 0 spiro atoms. The molecule has 2 heterocycles. The molecule has 2 aromatic carbocycles. The molecule has 0 radical (unpaired) electrons. The van der Waals surface area contributed by atoms with Gasteiger partial charge in [-0.3, -0.25) is 9.59 Å². The summed E-state index contributed by atoms with van der Waals surface area (Å²) in [5.74, 6) is -0.368. The van der Waals surface area contributed by atoms with Gasteiger partial charge in [0.15, 0.2) is 0 Å². The zero-order valence-electron chi connectivity index (χ0n) is 16.3. The molecule has 158 valence electrons. The number of aryl methyl sites for hydroxylation is 1. The van der Waals surface area contributed by atoms with Gasteiger partial charge in [0, 0.05) is 29.5 Å². The molecule has 1 aliphatic heterocycles. The topological polar surface area (TPSA) is 95.0 Å². The number of aromatic nitrogens is 1. The van der Waals surface area contributed by atoms with Crippen molar-refractivity contribution in [1.82, 2.24) is 10.3 Å². The van der Waals surface area contributed by atoms with Crippen LogP contribution in [0, 0.1) is 18.3 Å². The van der Waals surface area contributed by atoms with E-state index in [0.29, 0.717) is 50.8 Å². The monoisotopic (exact) mass is 475 g/mol. The number of aromatic amines is 1. The van der Waals surface area contributed by atoms with E-state index in [4.69, 9.17) is 39.5 Å². The summed E-state index contributed by atoms with van der Waals surface area (Å²) in [6, 6.07) is 10.1. The number of H-pyrrole nitrogens is 1. The van der Waals surface area contributed by atoms with E-state index in [2.05, 4.69) is 16.4 Å². The van der Waals surface area contributed by atoms with Crippen LogP contribution in [-0.2, 0) is 10.3 Å². The summed E-state index contributed by atoms with van der Waals surface area (Å²) in [7, 11) is 0. The van der Waals surface area contributed by atoms with Gasteiger partial charge in [-0.2, -0.15) is 5.26 Å². The van der Waals surface area contributed by atoms with Crippen LogP contribution >= 0.6 is 34.8 Å². The van der Waals surface area contributed by atoms with Crippen LogP contribution in [0.3, 0.4) is 0 Å². The van der Waals surface area contributed by atoms with Crippen LogP contribution in [0.4, 0.5) is 0 Å². The molecule has 4 rings (SSSR count). The Bertz CT molecular complexity index is 1270. The van der Waals surface area contributed by atoms with E-state index >= 15 is 0 Å². The smallest absolute Gasteiger partial charge is 0.268 e. The lowest BCUT2D eigenvalue weighted by atomic mass is 9.85. The third-order valence-electron chi connectivity index (χ3n) is 5.59. The largest absolute Gasteiger partial charge is 0.379 e. The second-order valence-corrected chi connectivity index (χ2v) is 8.52. The van der Waals surface area contributed by atoms with Gasteiger partial charge in [0.25, 0.3) is 11.1 Å². The minimum atomic E-state index is -0.929. The number of carbonyl (C=O) groups excluding carboxylic acids is 2. The molecule has 0 saturated carbocycles. The van der Waals surface area contributed by atoms with Crippen molar-refractivity contribution >= 4 is 56.9 Å². The highest BCUT2D eigenvalue weighted by Gasteiger charge is 2.41. The van der Waals surface area contributed by atoms with Gasteiger partial charge in [-0.25, -0.2) is 0 Å². The average Bonchev–Trinajstić information content (AvgIpc) is 3.35. The van der Waals surface area contributed by atoms with E-state index in [-0.39, 0.29) is 23.6 Å². The van der Waals surface area contributed by atoms with Gasteiger partial charge in [0.1, 0.15) is 5.69 Å². The molecule has 6 nitrogen and oxygen atoms in total. The van der Waals surface area contributed by atoms with Crippen LogP contribution in [-0.4, -0.2) is 29.3 Å². The van der Waals surface area contributed by atoms with Crippen LogP contribution in [0.25, 0.3) is 10.9 Å². The van der Waals surface area contributed by atoms with Gasteiger partial charge in [-0.1, -0.05) is 29.3 Å². The highest BCUT2D eigenvalue weighted by atomic mass is 35.5. The first-order chi connectivity index (χ1) is 14.8. The third-order valence-corrected chi connectivity index (χ3v) is 6.61. The number of benzene rings is 2. The van der Waals surface area contributed by atoms with Crippen molar-refractivity contribution in [3.05, 3.63) is 68.3 Å². The standard InChI is InChI=1S/C22H16Cl3N3O3/c1-11-17-16(5-4-15(23)18(17)24)27-19(11)21(30)28-22(6-7-31-10-22)14-3-2-12(20(25)29)8-13(14)9-26/h2-5,8,27H,6-7,10H2,1H3,(H,28,30). The summed E-state index contributed by atoms with van der Waals surface area (Å²) < 4.78 is 5.59. The zero-order valence-corrected chi connectivity index (χ0v) is 18.6. The fraction of sp³-hybridized carbons (Fsp3) is 0.227. The van der Waals surface area contributed by atoms with E-state index < -0.39 is 10.8 Å². The lowest BCUT2D eigenvalue weighted by Crippen LogP contribution is -2.47. The van der Waals surface area contributed by atoms with Gasteiger partial charge in [0.05, 0.1) is 33.8 Å². The maximum absolute atomic E-state index is 13.3. The maximum atomic E-state index is 13.3. The van der Waals surface area contributed by atoms with E-state index in [9.17, 15) is 14.9 Å². The molecule has 2 N–H and O–H groups in total. The minimum absolute atomic E-state index is 0.188. The van der Waals surface area contributed by atoms with Gasteiger partial charge < -0.3 is 15.0 Å². The Hall–Kier alpha value is -2.56. The Balaban J connectivity index is 1.76. The van der Waals surface area contributed by atoms with Crippen molar-refractivity contribution in [1.29, 1.82) is 5.26 Å². The molecular weight excluding hydrogens is 461 g/mol. The highest BCUT2D eigenvalue weighted by Crippen LogP contribution is 2.36. The summed E-state index contributed by atoms with van der Waals surface area (Å²) >= 11 is 18.0. The first-order valence-electron chi connectivity index (χ1n) is 9.38. The molecule has 0 aliphatic carbocycles. The number of hydrogen-bond donors (Lipinski definition) is 2. The molecule has 9 heteroatoms. The number of halogens is 3. The Kier molecular flexibility index (Phi) is 5.71. The number of amides is 1. The average molecular weight is 477 g/mol. The predicted molar refractivity (Wildman–Crippen MR) is 119 cm³/mol. The maximum Gasteiger partial charge on any atom is 0.268 e. The number of fused-ring (bicyclic) bond motifs is 1. The normalized spacial score (nSPS) is 18.2. The summed E-state index contributed by atoms with van der Waals surface area (Å²) in [6.45, 7) is 2.39. The minimum Gasteiger partial charge on any atom is -0.379 e. The summed E-state index contributed by atoms with van der Waals surface area (Å²) in [4.78, 5) is 27.9. The Morgan fingerprint density at radius 1 is 1.26 bits per heavy atom. The number of rotatable bonds is 4. The molecule has 1 aromatic heterocycles. The summed E-state index contributed by atoms with van der Waals surface area (Å²) in [6.07, 6.45) is 0.466. The predicted octanol–water partition coefficient (Wildman–Crippen LogP) is 5.08. The number of ether oxygens (including phenoxy) is 1. The van der Waals surface area contributed by atoms with E-state index in [1.807, 2.05) is 0 Å². The molecule has 0 bridgehead atoms. The Morgan fingerprint density at radius 2 is 2.03 bits per heavy atom. The SMILES string of the molecule is Cc1c(C(=O)NC2(c3ccc(C(=O)Cl)cc3C#N)CCOC2)[nH]c2ccc(Cl)c(Cl)c12. The van der Waals surface area contributed by atoms with Crippen LogP contribution in [0.2, 0.25) is 10.0 Å². The second-order valence-electron chi connectivity index (χ2n) is 7.39. The van der Waals surface area contributed by atoms with Crippen molar-refractivity contribution in [3.8, 4) is 6.07 Å². The van der Waals surface area contributed by atoms with Gasteiger partial charge >= 0.3 is 0 Å². The number of nitrogens with one attached hydrogen (secondary N) is 2. The number of hydrogen-bond acceptors (Lipinski definition) is 4. The molecule has 1 unspecified atom stereocenters. The van der Waals surface area contributed by atoms with Crippen molar-refractivity contribution < 1.29 is 14.3 Å². The third kappa shape index (κ3) is 3.68. The van der Waals surface area contributed by atoms with Crippen molar-refractivity contribution in [3.63, 3.8) is 0 Å². The summed E-state index contributed by atoms with van der Waals surface area (Å²) in [5.41, 5.74) is 1.80. The number of nitrogens with zero attached hydrogens (tertiary/aromatic N) is 1. The molecular formula is C22H16Cl3N3O3. The second kappa shape index (κ2) is 8.18. The van der Waals surface area contributed by atoms with Crippen LogP contribution in [0.15, 0.2) is 30.3 Å². The first kappa shape index (κ1) is 21.7. The molecule has 1 fully saturated rings. The molecule has 1 saturated heterocycles. The van der Waals surface area contributed by atoms with Gasteiger partial charge in [-0.05, 0) is 53.9 Å². The molecule has 1 amide bonds. The van der Waals surface area contributed by atoms with E-state index in [0.717, 1.165) is 0 Å². The Labute approximate surface area is 193 Å².